The second-order valence-electron chi connectivity index (χ2n) is 4.32. The van der Waals surface area contributed by atoms with Gasteiger partial charge in [0.2, 0.25) is 0 Å². The number of alkyl halides is 3. The molecule has 1 aromatic rings. The van der Waals surface area contributed by atoms with Crippen molar-refractivity contribution < 1.29 is 18.0 Å². The van der Waals surface area contributed by atoms with Gasteiger partial charge in [-0.05, 0) is 30.7 Å². The molecule has 0 spiro atoms. The molecular weight excluding hydrogens is 293 g/mol. The number of carbonyl (C=O) groups is 1. The van der Waals surface area contributed by atoms with E-state index in [0.717, 1.165) is 11.3 Å². The Morgan fingerprint density at radius 2 is 1.80 bits per heavy atom. The van der Waals surface area contributed by atoms with Gasteiger partial charge in [0.15, 0.2) is 0 Å². The zero-order valence-electron chi connectivity index (χ0n) is 11.1. The first-order valence-electron chi connectivity index (χ1n) is 6.05. The van der Waals surface area contributed by atoms with E-state index in [2.05, 4.69) is 0 Å². The van der Waals surface area contributed by atoms with E-state index in [1.54, 1.807) is 0 Å². The number of carbonyl (C=O) groups excluding carboxylic acids is 1. The van der Waals surface area contributed by atoms with Crippen LogP contribution in [-0.2, 0) is 0 Å². The zero-order valence-corrected chi connectivity index (χ0v) is 11.9. The van der Waals surface area contributed by atoms with E-state index >= 15 is 0 Å². The van der Waals surface area contributed by atoms with Crippen LogP contribution in [0.5, 0.6) is 0 Å². The molecule has 0 heterocycles. The molecular formula is C13H18ClF3N2O. The lowest BCUT2D eigenvalue weighted by Crippen LogP contribution is -2.39. The topological polar surface area (TPSA) is 46.3 Å². The van der Waals surface area contributed by atoms with Gasteiger partial charge in [-0.1, -0.05) is 13.3 Å². The number of nitrogen functional groups attached to an aromatic ring is 1. The van der Waals surface area contributed by atoms with Crippen LogP contribution in [0.4, 0.5) is 18.9 Å². The summed E-state index contributed by atoms with van der Waals surface area (Å²) < 4.78 is 37.4. The summed E-state index contributed by atoms with van der Waals surface area (Å²) in [6.07, 6.45) is -3.13. The molecule has 1 rings (SSSR count). The van der Waals surface area contributed by atoms with Crippen LogP contribution in [0, 0.1) is 0 Å². The number of rotatable bonds is 5. The highest BCUT2D eigenvalue weighted by Crippen LogP contribution is 2.19. The Morgan fingerprint density at radius 1 is 1.25 bits per heavy atom. The molecule has 3 nitrogen and oxygen atoms in total. The molecule has 0 saturated heterocycles. The fraction of sp³-hybridized carbons (Fsp3) is 0.462. The van der Waals surface area contributed by atoms with Gasteiger partial charge in [0.05, 0.1) is 0 Å². The summed E-state index contributed by atoms with van der Waals surface area (Å²) in [5.74, 6) is -0.620. The lowest BCUT2D eigenvalue weighted by molar-refractivity contribution is -0.140. The summed E-state index contributed by atoms with van der Waals surface area (Å²) in [6.45, 7) is 0.731. The van der Waals surface area contributed by atoms with Crippen LogP contribution in [0.3, 0.4) is 0 Å². The van der Waals surface area contributed by atoms with Gasteiger partial charge < -0.3 is 10.6 Å². The maximum atomic E-state index is 12.5. The number of hydrogen-bond donors (Lipinski definition) is 1. The van der Waals surface area contributed by atoms with Crippen LogP contribution >= 0.6 is 12.4 Å². The SMILES string of the molecule is CCCCN(CC(F)(F)F)C(=O)c1ccc(N)cc1.Cl. The minimum absolute atomic E-state index is 0. The minimum atomic E-state index is -4.39. The van der Waals surface area contributed by atoms with Crippen LogP contribution in [0.1, 0.15) is 30.1 Å². The standard InChI is InChI=1S/C13H17F3N2O.ClH/c1-2-3-8-18(9-13(14,15)16)12(19)10-4-6-11(17)7-5-10;/h4-7H,2-3,8-9,17H2,1H3;1H. The number of benzene rings is 1. The number of unbranched alkanes of at least 4 members (excludes halogenated alkanes) is 1. The van der Waals surface area contributed by atoms with E-state index in [9.17, 15) is 18.0 Å². The van der Waals surface area contributed by atoms with Crippen LogP contribution in [0.2, 0.25) is 0 Å². The van der Waals surface area contributed by atoms with Crippen molar-refractivity contribution in [2.75, 3.05) is 18.8 Å². The Morgan fingerprint density at radius 3 is 2.25 bits per heavy atom. The third-order valence-corrected chi connectivity index (χ3v) is 2.60. The first kappa shape index (κ1) is 18.6. The fourth-order valence-electron chi connectivity index (χ4n) is 1.63. The number of halogens is 4. The van der Waals surface area contributed by atoms with E-state index < -0.39 is 18.6 Å². The second-order valence-corrected chi connectivity index (χ2v) is 4.32. The molecule has 114 valence electrons. The highest BCUT2D eigenvalue weighted by atomic mass is 35.5. The lowest BCUT2D eigenvalue weighted by atomic mass is 10.1. The van der Waals surface area contributed by atoms with Gasteiger partial charge in [0, 0.05) is 17.8 Å². The molecule has 0 bridgehead atoms. The van der Waals surface area contributed by atoms with Gasteiger partial charge in [-0.2, -0.15) is 13.2 Å². The Bertz CT molecular complexity index is 421. The van der Waals surface area contributed by atoms with Gasteiger partial charge in [-0.15, -0.1) is 12.4 Å². The number of nitrogens with two attached hydrogens (primary N) is 1. The van der Waals surface area contributed by atoms with E-state index in [1.807, 2.05) is 6.92 Å². The van der Waals surface area contributed by atoms with E-state index in [0.29, 0.717) is 12.1 Å². The minimum Gasteiger partial charge on any atom is -0.399 e. The molecule has 0 radical (unpaired) electrons. The van der Waals surface area contributed by atoms with E-state index in [4.69, 9.17) is 5.73 Å². The summed E-state index contributed by atoms with van der Waals surface area (Å²) in [5.41, 5.74) is 6.16. The van der Waals surface area contributed by atoms with Crippen molar-refractivity contribution >= 4 is 24.0 Å². The molecule has 0 unspecified atom stereocenters. The fourth-order valence-corrected chi connectivity index (χ4v) is 1.63. The molecule has 0 fully saturated rings. The molecule has 1 amide bonds. The van der Waals surface area contributed by atoms with Crippen molar-refractivity contribution in [3.8, 4) is 0 Å². The molecule has 20 heavy (non-hydrogen) atoms. The molecule has 0 aliphatic rings. The zero-order chi connectivity index (χ0) is 14.5. The van der Waals surface area contributed by atoms with Crippen LogP contribution in [0.15, 0.2) is 24.3 Å². The van der Waals surface area contributed by atoms with Gasteiger partial charge in [-0.3, -0.25) is 4.79 Å². The second kappa shape index (κ2) is 7.99. The predicted octanol–water partition coefficient (Wildman–Crippen LogP) is 3.50. The van der Waals surface area contributed by atoms with Gasteiger partial charge >= 0.3 is 6.18 Å². The summed E-state index contributed by atoms with van der Waals surface area (Å²) in [6, 6.07) is 5.87. The van der Waals surface area contributed by atoms with Crippen molar-refractivity contribution in [3.05, 3.63) is 29.8 Å². The number of hydrogen-bond acceptors (Lipinski definition) is 2. The average molecular weight is 311 g/mol. The Balaban J connectivity index is 0.00000361. The van der Waals surface area contributed by atoms with Crippen molar-refractivity contribution in [1.29, 1.82) is 0 Å². The molecule has 0 aliphatic carbocycles. The van der Waals surface area contributed by atoms with Gasteiger partial charge in [-0.25, -0.2) is 0 Å². The summed E-state index contributed by atoms with van der Waals surface area (Å²) >= 11 is 0. The van der Waals surface area contributed by atoms with Crippen molar-refractivity contribution in [3.63, 3.8) is 0 Å². The number of anilines is 1. The number of amides is 1. The predicted molar refractivity (Wildman–Crippen MR) is 75.0 cm³/mol. The maximum Gasteiger partial charge on any atom is 0.406 e. The normalized spacial score (nSPS) is 10.8. The maximum absolute atomic E-state index is 12.5. The molecule has 0 aromatic heterocycles. The molecule has 7 heteroatoms. The molecule has 1 aromatic carbocycles. The van der Waals surface area contributed by atoms with Crippen LogP contribution in [-0.4, -0.2) is 30.1 Å². The number of nitrogens with zero attached hydrogens (tertiary/aromatic N) is 1. The van der Waals surface area contributed by atoms with E-state index in [-0.39, 0.29) is 24.5 Å². The quantitative estimate of drug-likeness (QED) is 0.846. The van der Waals surface area contributed by atoms with Crippen molar-refractivity contribution in [2.24, 2.45) is 0 Å². The third-order valence-electron chi connectivity index (χ3n) is 2.60. The highest BCUT2D eigenvalue weighted by Gasteiger charge is 2.33. The summed E-state index contributed by atoms with van der Waals surface area (Å²) in [5, 5.41) is 0. The Kier molecular flexibility index (Phi) is 7.42. The first-order chi connectivity index (χ1) is 8.83. The van der Waals surface area contributed by atoms with Crippen molar-refractivity contribution in [2.45, 2.75) is 25.9 Å². The highest BCUT2D eigenvalue weighted by molar-refractivity contribution is 5.94. The average Bonchev–Trinajstić information content (AvgIpc) is 2.33. The first-order valence-corrected chi connectivity index (χ1v) is 6.05. The molecule has 0 saturated carbocycles. The van der Waals surface area contributed by atoms with Crippen LogP contribution in [0.25, 0.3) is 0 Å². The largest absolute Gasteiger partial charge is 0.406 e. The van der Waals surface area contributed by atoms with E-state index in [1.165, 1.54) is 24.3 Å². The Labute approximate surface area is 122 Å². The third kappa shape index (κ3) is 6.14. The molecule has 0 aliphatic heterocycles. The monoisotopic (exact) mass is 310 g/mol. The Hall–Kier alpha value is -1.43. The van der Waals surface area contributed by atoms with Crippen molar-refractivity contribution in [1.82, 2.24) is 4.90 Å². The molecule has 2 N–H and O–H groups in total. The smallest absolute Gasteiger partial charge is 0.399 e. The van der Waals surface area contributed by atoms with Gasteiger partial charge in [0.1, 0.15) is 6.54 Å². The summed E-state index contributed by atoms with van der Waals surface area (Å²) in [4.78, 5) is 12.9. The lowest BCUT2D eigenvalue weighted by Gasteiger charge is -2.24. The van der Waals surface area contributed by atoms with Gasteiger partial charge in [0.25, 0.3) is 5.91 Å². The van der Waals surface area contributed by atoms with Crippen LogP contribution < -0.4 is 5.73 Å². The summed E-state index contributed by atoms with van der Waals surface area (Å²) in [7, 11) is 0. The molecule has 0 atom stereocenters.